The molecule has 1 unspecified atom stereocenters. The van der Waals surface area contributed by atoms with Crippen molar-refractivity contribution in [2.24, 2.45) is 5.92 Å². The Morgan fingerprint density at radius 1 is 1.07 bits per heavy atom. The maximum Gasteiger partial charge on any atom is 0.236 e. The van der Waals surface area contributed by atoms with E-state index in [9.17, 15) is 14.4 Å². The number of hydrogen-bond acceptors (Lipinski definition) is 13. The summed E-state index contributed by atoms with van der Waals surface area (Å²) in [6.45, 7) is 16.8. The molecule has 1 atom stereocenters. The Hall–Kier alpha value is -3.44. The van der Waals surface area contributed by atoms with Crippen LogP contribution in [0.15, 0.2) is 45.2 Å². The maximum atomic E-state index is 13.2. The molecule has 54 heavy (non-hydrogen) atoms. The van der Waals surface area contributed by atoms with Gasteiger partial charge in [-0.05, 0) is 44.8 Å². The molecule has 3 saturated heterocycles. The summed E-state index contributed by atoms with van der Waals surface area (Å²) in [6.07, 6.45) is 9.43. The zero-order valence-corrected chi connectivity index (χ0v) is 34.1. The van der Waals surface area contributed by atoms with Gasteiger partial charge < -0.3 is 33.7 Å². The number of ether oxygens (including phenoxy) is 3. The molecule has 0 aliphatic carbocycles. The predicted molar refractivity (Wildman–Crippen MR) is 209 cm³/mol. The van der Waals surface area contributed by atoms with Crippen molar-refractivity contribution in [1.82, 2.24) is 29.6 Å². The van der Waals surface area contributed by atoms with Gasteiger partial charge in [0.2, 0.25) is 23.6 Å². The molecule has 0 bridgehead atoms. The summed E-state index contributed by atoms with van der Waals surface area (Å²) in [4.78, 5) is 55.5. The number of carbonyl (C=O) groups is 3. The lowest BCUT2D eigenvalue weighted by atomic mass is 9.94. The molecule has 16 heteroatoms. The maximum absolute atomic E-state index is 13.2. The van der Waals surface area contributed by atoms with Gasteiger partial charge in [0.25, 0.3) is 0 Å². The quantitative estimate of drug-likeness (QED) is 0.132. The summed E-state index contributed by atoms with van der Waals surface area (Å²) in [5.41, 5.74) is -0.0852. The molecule has 3 amide bonds. The van der Waals surface area contributed by atoms with Gasteiger partial charge in [-0.3, -0.25) is 24.2 Å². The summed E-state index contributed by atoms with van der Waals surface area (Å²) in [7, 11) is 3.19. The first-order valence-electron chi connectivity index (χ1n) is 18.9. The number of thioether (sulfide) groups is 1. The van der Waals surface area contributed by atoms with Gasteiger partial charge >= 0.3 is 0 Å². The molecule has 5 rings (SSSR count). The van der Waals surface area contributed by atoms with Gasteiger partial charge in [-0.1, -0.05) is 38.7 Å². The standard InChI is InChI=1S/C38H57N7O7S2/c1-27(29(49-5)10-11-34(50-6)45-14-8-7-9-32(45)46)51-22-21-42-17-19-44(20-18-42)33(47)25-43-15-12-28(13-16-43)36(48)41-37-40-24-35(54-37)53-26-31-39-23-30(52-31)38(2,3)4/h10,23-24,28,34H,1,7-9,11-22,25-26H2,2-6H3,(H,40,41,48)/b29-10+. The van der Waals surface area contributed by atoms with Crippen LogP contribution in [0, 0.1) is 5.92 Å². The van der Waals surface area contributed by atoms with Crippen LogP contribution in [-0.4, -0.2) is 133 Å². The van der Waals surface area contributed by atoms with Gasteiger partial charge in [0.15, 0.2) is 16.6 Å². The van der Waals surface area contributed by atoms with E-state index in [2.05, 4.69) is 52.4 Å². The highest BCUT2D eigenvalue weighted by molar-refractivity contribution is 8.00. The molecule has 1 N–H and O–H groups in total. The van der Waals surface area contributed by atoms with Crippen LogP contribution in [0.2, 0.25) is 0 Å². The number of anilines is 1. The Bertz CT molecular complexity index is 1590. The fraction of sp³-hybridized carbons (Fsp3) is 0.658. The number of oxazole rings is 1. The number of nitrogens with one attached hydrogen (secondary N) is 1. The average molecular weight is 788 g/mol. The molecular weight excluding hydrogens is 731 g/mol. The Kier molecular flexibility index (Phi) is 15.4. The number of carbonyl (C=O) groups excluding carboxylic acids is 3. The molecule has 298 valence electrons. The zero-order valence-electron chi connectivity index (χ0n) is 32.5. The van der Waals surface area contributed by atoms with Crippen LogP contribution in [-0.2, 0) is 39.8 Å². The highest BCUT2D eigenvalue weighted by atomic mass is 32.2. The number of methoxy groups -OCH3 is 2. The largest absolute Gasteiger partial charge is 0.493 e. The van der Waals surface area contributed by atoms with E-state index in [1.807, 2.05) is 11.0 Å². The van der Waals surface area contributed by atoms with Crippen LogP contribution in [0.25, 0.3) is 0 Å². The average Bonchev–Trinajstić information content (AvgIpc) is 3.84. The van der Waals surface area contributed by atoms with Crippen LogP contribution in [0.5, 0.6) is 0 Å². The van der Waals surface area contributed by atoms with E-state index < -0.39 is 0 Å². The van der Waals surface area contributed by atoms with Crippen molar-refractivity contribution in [2.45, 2.75) is 80.9 Å². The van der Waals surface area contributed by atoms with E-state index >= 15 is 0 Å². The highest BCUT2D eigenvalue weighted by Gasteiger charge is 2.29. The highest BCUT2D eigenvalue weighted by Crippen LogP contribution is 2.32. The monoisotopic (exact) mass is 787 g/mol. The van der Waals surface area contributed by atoms with Gasteiger partial charge in [0.1, 0.15) is 18.6 Å². The first kappa shape index (κ1) is 41.7. The Morgan fingerprint density at radius 3 is 2.50 bits per heavy atom. The number of hydrogen-bond donors (Lipinski definition) is 1. The number of piperazine rings is 1. The lowest BCUT2D eigenvalue weighted by Gasteiger charge is -2.37. The molecule has 0 saturated carbocycles. The number of likely N-dealkylation sites (tertiary alicyclic amines) is 2. The first-order chi connectivity index (χ1) is 25.9. The van der Waals surface area contributed by atoms with Crippen LogP contribution < -0.4 is 5.32 Å². The van der Waals surface area contributed by atoms with Crippen LogP contribution in [0.1, 0.15) is 70.9 Å². The molecule has 0 spiro atoms. The minimum Gasteiger partial charge on any atom is -0.493 e. The molecule has 5 heterocycles. The van der Waals surface area contributed by atoms with Crippen LogP contribution >= 0.6 is 23.1 Å². The van der Waals surface area contributed by atoms with Gasteiger partial charge in [0, 0.05) is 70.6 Å². The zero-order chi connectivity index (χ0) is 38.7. The fourth-order valence-corrected chi connectivity index (χ4v) is 8.41. The van der Waals surface area contributed by atoms with E-state index in [1.54, 1.807) is 43.3 Å². The van der Waals surface area contributed by atoms with Crippen molar-refractivity contribution in [2.75, 3.05) is 85.0 Å². The van der Waals surface area contributed by atoms with Crippen molar-refractivity contribution >= 4 is 46.0 Å². The smallest absolute Gasteiger partial charge is 0.236 e. The number of thiazole rings is 1. The summed E-state index contributed by atoms with van der Waals surface area (Å²) >= 11 is 3.04. The van der Waals surface area contributed by atoms with E-state index in [-0.39, 0.29) is 35.3 Å². The van der Waals surface area contributed by atoms with E-state index in [4.69, 9.17) is 18.6 Å². The number of amides is 3. The van der Waals surface area contributed by atoms with E-state index in [1.165, 1.54) is 11.3 Å². The topological polar surface area (TPSA) is 143 Å². The number of piperidine rings is 2. The second-order valence-corrected chi connectivity index (χ2v) is 17.2. The van der Waals surface area contributed by atoms with Crippen LogP contribution in [0.4, 0.5) is 5.13 Å². The molecule has 3 fully saturated rings. The number of nitrogens with zero attached hydrogens (tertiary/aromatic N) is 6. The van der Waals surface area contributed by atoms with Gasteiger partial charge in [-0.15, -0.1) is 11.8 Å². The molecule has 3 aliphatic heterocycles. The molecule has 3 aliphatic rings. The van der Waals surface area contributed by atoms with Crippen molar-refractivity contribution in [3.8, 4) is 0 Å². The third-order valence-electron chi connectivity index (χ3n) is 10.1. The van der Waals surface area contributed by atoms with E-state index in [0.717, 1.165) is 35.9 Å². The number of aromatic nitrogens is 2. The van der Waals surface area contributed by atoms with Crippen LogP contribution in [0.3, 0.4) is 0 Å². The third kappa shape index (κ3) is 12.0. The molecule has 0 aromatic carbocycles. The third-order valence-corrected chi connectivity index (χ3v) is 12.1. The van der Waals surface area contributed by atoms with E-state index in [0.29, 0.717) is 106 Å². The second-order valence-electron chi connectivity index (χ2n) is 14.9. The summed E-state index contributed by atoms with van der Waals surface area (Å²) in [6, 6.07) is 0. The Labute approximate surface area is 327 Å². The molecule has 2 aromatic heterocycles. The van der Waals surface area contributed by atoms with Crippen molar-refractivity contribution in [1.29, 1.82) is 0 Å². The minimum absolute atomic E-state index is 0.0159. The van der Waals surface area contributed by atoms with Gasteiger partial charge in [-0.25, -0.2) is 9.97 Å². The predicted octanol–water partition coefficient (Wildman–Crippen LogP) is 4.95. The molecule has 14 nitrogen and oxygen atoms in total. The van der Waals surface area contributed by atoms with Gasteiger partial charge in [0.05, 0.1) is 36.0 Å². The molecule has 2 aromatic rings. The fourth-order valence-electron chi connectivity index (χ4n) is 6.68. The Morgan fingerprint density at radius 2 is 1.83 bits per heavy atom. The summed E-state index contributed by atoms with van der Waals surface area (Å²) < 4.78 is 23.9. The molecule has 0 radical (unpaired) electrons. The SMILES string of the molecule is C=C(OCCN1CCN(C(=O)CN2CCC(C(=O)Nc3ncc(SCc4ncc(C(C)(C)C)o4)s3)CC2)CC1)/C(=C\CC(OC)N1CCCCC1=O)OC. The second kappa shape index (κ2) is 19.9. The normalized spacial score (nSPS) is 18.8. The molecular formula is C38H57N7O7S2. The summed E-state index contributed by atoms with van der Waals surface area (Å²) in [5, 5.41) is 3.59. The minimum atomic E-state index is -0.345. The van der Waals surface area contributed by atoms with Crippen molar-refractivity contribution < 1.29 is 33.0 Å². The van der Waals surface area contributed by atoms with Crippen molar-refractivity contribution in [3.63, 3.8) is 0 Å². The van der Waals surface area contributed by atoms with Gasteiger partial charge in [-0.2, -0.15) is 0 Å². The first-order valence-corrected chi connectivity index (χ1v) is 20.7. The summed E-state index contributed by atoms with van der Waals surface area (Å²) in [5.74, 6) is 3.22. The van der Waals surface area contributed by atoms with Crippen molar-refractivity contribution in [3.05, 3.63) is 48.2 Å². The lowest BCUT2D eigenvalue weighted by molar-refractivity contribution is -0.146. The Balaban J connectivity index is 0.944. The number of rotatable bonds is 17. The lowest BCUT2D eigenvalue weighted by Crippen LogP contribution is -2.52.